The molecule has 0 atom stereocenters. The summed E-state index contributed by atoms with van der Waals surface area (Å²) < 4.78 is 2.66. The molecule has 0 bridgehead atoms. The molecule has 0 spiro atoms. The van der Waals surface area contributed by atoms with Gasteiger partial charge in [-0.1, -0.05) is 23.7 Å². The van der Waals surface area contributed by atoms with E-state index in [2.05, 4.69) is 31.6 Å². The number of nitrogens with one attached hydrogen (secondary N) is 1. The summed E-state index contributed by atoms with van der Waals surface area (Å²) in [6.45, 7) is 3.72. The number of amides is 1. The summed E-state index contributed by atoms with van der Waals surface area (Å²) in [5.74, 6) is -0.316. The van der Waals surface area contributed by atoms with E-state index in [4.69, 9.17) is 16.6 Å². The molecule has 0 fully saturated rings. The molecular weight excluding hydrogens is 486 g/mol. The molecule has 0 saturated carbocycles. The minimum Gasteiger partial charge on any atom is -0.267 e. The van der Waals surface area contributed by atoms with Gasteiger partial charge in [-0.3, -0.25) is 9.48 Å². The maximum atomic E-state index is 13.1. The molecule has 152 valence electrons. The predicted molar refractivity (Wildman–Crippen MR) is 125 cm³/mol. The van der Waals surface area contributed by atoms with Gasteiger partial charge in [-0.15, -0.1) is 11.3 Å². The van der Waals surface area contributed by atoms with Gasteiger partial charge in [0.2, 0.25) is 0 Å². The number of aromatic nitrogens is 3. The van der Waals surface area contributed by atoms with Gasteiger partial charge >= 0.3 is 0 Å². The molecule has 0 aliphatic rings. The van der Waals surface area contributed by atoms with Crippen LogP contribution < -0.4 is 5.43 Å². The first kappa shape index (κ1) is 20.7. The van der Waals surface area contributed by atoms with E-state index in [1.807, 2.05) is 44.5 Å². The second kappa shape index (κ2) is 8.29. The second-order valence-electron chi connectivity index (χ2n) is 6.74. The van der Waals surface area contributed by atoms with Crippen molar-refractivity contribution in [2.75, 3.05) is 0 Å². The number of benzene rings is 1. The molecule has 1 N–H and O–H groups in total. The van der Waals surface area contributed by atoms with E-state index >= 15 is 0 Å². The second-order valence-corrected chi connectivity index (χ2v) is 9.00. The summed E-state index contributed by atoms with van der Waals surface area (Å²) in [6.07, 6.45) is 0. The summed E-state index contributed by atoms with van der Waals surface area (Å²) in [5.41, 5.74) is 6.76. The number of carbonyl (C=O) groups is 1. The van der Waals surface area contributed by atoms with Crippen molar-refractivity contribution in [3.63, 3.8) is 0 Å². The van der Waals surface area contributed by atoms with Gasteiger partial charge in [0, 0.05) is 27.5 Å². The van der Waals surface area contributed by atoms with Gasteiger partial charge in [-0.05, 0) is 54.0 Å². The molecule has 0 unspecified atom stereocenters. The molecule has 3 heterocycles. The van der Waals surface area contributed by atoms with Gasteiger partial charge in [0.05, 0.1) is 32.9 Å². The van der Waals surface area contributed by atoms with Gasteiger partial charge in [-0.2, -0.15) is 10.2 Å². The average Bonchev–Trinajstić information content (AvgIpc) is 3.29. The highest BCUT2D eigenvalue weighted by Gasteiger charge is 2.19. The van der Waals surface area contributed by atoms with Crippen molar-refractivity contribution in [1.82, 2.24) is 20.2 Å². The van der Waals surface area contributed by atoms with Crippen molar-refractivity contribution in [2.45, 2.75) is 13.8 Å². The first-order chi connectivity index (χ1) is 14.3. The van der Waals surface area contributed by atoms with Crippen molar-refractivity contribution in [1.29, 1.82) is 0 Å². The van der Waals surface area contributed by atoms with E-state index in [0.29, 0.717) is 27.3 Å². The van der Waals surface area contributed by atoms with Gasteiger partial charge in [0.1, 0.15) is 0 Å². The Labute approximate surface area is 190 Å². The summed E-state index contributed by atoms with van der Waals surface area (Å²) in [5, 5.41) is 12.0. The Bertz CT molecular complexity index is 1290. The van der Waals surface area contributed by atoms with E-state index in [0.717, 1.165) is 26.3 Å². The number of rotatable bonds is 4. The van der Waals surface area contributed by atoms with Crippen LogP contribution in [0, 0.1) is 6.92 Å². The Hall–Kier alpha value is -2.55. The topological polar surface area (TPSA) is 72.2 Å². The Kier molecular flexibility index (Phi) is 5.73. The third-order valence-electron chi connectivity index (χ3n) is 4.60. The van der Waals surface area contributed by atoms with Crippen LogP contribution in [0.5, 0.6) is 0 Å². The first-order valence-electron chi connectivity index (χ1n) is 9.03. The Balaban J connectivity index is 1.76. The van der Waals surface area contributed by atoms with Crippen LogP contribution in [0.15, 0.2) is 51.4 Å². The third kappa shape index (κ3) is 4.03. The minimum atomic E-state index is -0.316. The number of carbonyl (C=O) groups excluding carboxylic acids is 1. The molecule has 0 radical (unpaired) electrons. The molecule has 0 saturated heterocycles. The number of hydrazone groups is 1. The molecule has 9 heteroatoms. The molecule has 4 rings (SSSR count). The smallest absolute Gasteiger partial charge is 0.267 e. The lowest BCUT2D eigenvalue weighted by Crippen LogP contribution is -2.20. The van der Waals surface area contributed by atoms with E-state index in [1.165, 1.54) is 0 Å². The van der Waals surface area contributed by atoms with Crippen LogP contribution in [-0.4, -0.2) is 26.4 Å². The lowest BCUT2D eigenvalue weighted by molar-refractivity contribution is 0.0956. The van der Waals surface area contributed by atoms with E-state index in [-0.39, 0.29) is 5.91 Å². The molecule has 3 aromatic heterocycles. The summed E-state index contributed by atoms with van der Waals surface area (Å²) in [6, 6.07) is 11.1. The zero-order chi connectivity index (χ0) is 21.4. The normalized spacial score (nSPS) is 11.8. The molecular formula is C21H17BrClN5OS. The Morgan fingerprint density at radius 2 is 2.00 bits per heavy atom. The molecule has 6 nitrogen and oxygen atoms in total. The number of fused-ring (bicyclic) bond motifs is 1. The van der Waals surface area contributed by atoms with E-state index in [1.54, 1.807) is 34.2 Å². The van der Waals surface area contributed by atoms with Gasteiger partial charge in [-0.25, -0.2) is 10.4 Å². The van der Waals surface area contributed by atoms with Crippen LogP contribution in [0.25, 0.3) is 22.3 Å². The van der Waals surface area contributed by atoms with E-state index < -0.39 is 0 Å². The fourth-order valence-corrected chi connectivity index (χ4v) is 4.65. The third-order valence-corrected chi connectivity index (χ3v) is 6.65. The Morgan fingerprint density at radius 3 is 2.67 bits per heavy atom. The maximum absolute atomic E-state index is 13.1. The highest BCUT2D eigenvalue weighted by Crippen LogP contribution is 2.27. The lowest BCUT2D eigenvalue weighted by Gasteiger charge is -2.08. The standard InChI is InChI=1S/C21H17BrClN5OS/c1-11(18-8-14(22)10-30-18)25-26-21(29)16-9-17(13-4-6-15(23)7-5-13)24-20-19(16)12(2)27-28(20)3/h4-10H,1-3H3,(H,26,29). The van der Waals surface area contributed by atoms with Crippen LogP contribution in [0.4, 0.5) is 0 Å². The van der Waals surface area contributed by atoms with Crippen molar-refractivity contribution >= 4 is 61.5 Å². The fourth-order valence-electron chi connectivity index (χ4n) is 3.15. The van der Waals surface area contributed by atoms with Crippen molar-refractivity contribution in [3.8, 4) is 11.3 Å². The fraction of sp³-hybridized carbons (Fsp3) is 0.143. The Morgan fingerprint density at radius 1 is 1.27 bits per heavy atom. The number of halogens is 2. The van der Waals surface area contributed by atoms with Gasteiger partial charge < -0.3 is 0 Å². The van der Waals surface area contributed by atoms with Crippen LogP contribution >= 0.6 is 38.9 Å². The van der Waals surface area contributed by atoms with Crippen LogP contribution in [0.2, 0.25) is 5.02 Å². The van der Waals surface area contributed by atoms with Crippen LogP contribution in [0.3, 0.4) is 0 Å². The molecule has 1 amide bonds. The quantitative estimate of drug-likeness (QED) is 0.293. The molecule has 4 aromatic rings. The van der Waals surface area contributed by atoms with Crippen LogP contribution in [0.1, 0.15) is 27.9 Å². The summed E-state index contributed by atoms with van der Waals surface area (Å²) in [4.78, 5) is 18.8. The lowest BCUT2D eigenvalue weighted by atomic mass is 10.1. The number of aryl methyl sites for hydroxylation is 2. The molecule has 30 heavy (non-hydrogen) atoms. The zero-order valence-corrected chi connectivity index (χ0v) is 19.6. The number of thiophene rings is 1. The van der Waals surface area contributed by atoms with Gasteiger partial charge in [0.25, 0.3) is 5.91 Å². The monoisotopic (exact) mass is 501 g/mol. The summed E-state index contributed by atoms with van der Waals surface area (Å²) in [7, 11) is 1.81. The van der Waals surface area contributed by atoms with Crippen molar-refractivity contribution in [3.05, 3.63) is 67.4 Å². The SMILES string of the molecule is CC(=NNC(=O)c1cc(-c2ccc(Cl)cc2)nc2c1c(C)nn2C)c1cc(Br)cs1. The van der Waals surface area contributed by atoms with Gasteiger partial charge in [0.15, 0.2) is 5.65 Å². The molecule has 0 aliphatic heterocycles. The summed E-state index contributed by atoms with van der Waals surface area (Å²) >= 11 is 11.0. The highest BCUT2D eigenvalue weighted by atomic mass is 79.9. The highest BCUT2D eigenvalue weighted by molar-refractivity contribution is 9.10. The first-order valence-corrected chi connectivity index (χ1v) is 11.1. The number of pyridine rings is 1. The van der Waals surface area contributed by atoms with Crippen molar-refractivity contribution in [2.24, 2.45) is 12.1 Å². The van der Waals surface area contributed by atoms with Crippen molar-refractivity contribution < 1.29 is 4.79 Å². The number of hydrogen-bond donors (Lipinski definition) is 1. The largest absolute Gasteiger partial charge is 0.272 e. The average molecular weight is 503 g/mol. The zero-order valence-electron chi connectivity index (χ0n) is 16.4. The number of hydrogen-bond acceptors (Lipinski definition) is 5. The van der Waals surface area contributed by atoms with Crippen LogP contribution in [-0.2, 0) is 7.05 Å². The minimum absolute atomic E-state index is 0.316. The molecule has 1 aromatic carbocycles. The predicted octanol–water partition coefficient (Wildman–Crippen LogP) is 5.58. The molecule has 0 aliphatic carbocycles. The maximum Gasteiger partial charge on any atom is 0.272 e. The van der Waals surface area contributed by atoms with E-state index in [9.17, 15) is 4.79 Å². The number of nitrogens with zero attached hydrogens (tertiary/aromatic N) is 4.